The maximum Gasteiger partial charge on any atom is 0.270 e. The zero-order valence-electron chi connectivity index (χ0n) is 20.8. The van der Waals surface area contributed by atoms with Crippen molar-refractivity contribution in [2.75, 3.05) is 20.1 Å². The number of fused-ring (bicyclic) bond motifs is 2. The average Bonchev–Trinajstić information content (AvgIpc) is 3.65. The first-order valence-electron chi connectivity index (χ1n) is 12.9. The van der Waals surface area contributed by atoms with Crippen LogP contribution in [-0.4, -0.2) is 70.9 Å². The van der Waals surface area contributed by atoms with Crippen LogP contribution >= 0.6 is 0 Å². The zero-order chi connectivity index (χ0) is 24.7. The Bertz CT molecular complexity index is 1140. The number of nitrogens with one attached hydrogen (secondary N) is 3. The number of hydrogen-bond acceptors (Lipinski definition) is 4. The monoisotopic (exact) mass is 481 g/mol. The van der Waals surface area contributed by atoms with Crippen molar-refractivity contribution in [2.45, 2.75) is 76.0 Å². The third-order valence-electron chi connectivity index (χ3n) is 8.40. The third-order valence-corrected chi connectivity index (χ3v) is 8.40. The second-order valence-electron chi connectivity index (χ2n) is 10.2. The summed E-state index contributed by atoms with van der Waals surface area (Å²) in [7, 11) is 1.72. The molecule has 4 unspecified atom stereocenters. The van der Waals surface area contributed by atoms with Crippen molar-refractivity contribution in [3.63, 3.8) is 0 Å². The number of amides is 2. The normalized spacial score (nSPS) is 26.5. The average molecular weight is 482 g/mol. The number of likely N-dealkylation sites (N-methyl/N-ethyl adjacent to an activating group) is 1. The molecule has 0 radical (unpaired) electrons. The Balaban J connectivity index is 1.47. The highest BCUT2D eigenvalue weighted by Crippen LogP contribution is 2.45. The van der Waals surface area contributed by atoms with Gasteiger partial charge in [-0.2, -0.15) is 0 Å². The molecule has 1 aromatic heterocycles. The number of carbonyl (C=O) groups is 2. The van der Waals surface area contributed by atoms with Crippen LogP contribution in [0.3, 0.4) is 0 Å². The first-order chi connectivity index (χ1) is 16.9. The first-order valence-corrected chi connectivity index (χ1v) is 12.9. The van der Waals surface area contributed by atoms with Crippen LogP contribution in [0.2, 0.25) is 0 Å². The van der Waals surface area contributed by atoms with Gasteiger partial charge in [0.05, 0.1) is 12.1 Å². The summed E-state index contributed by atoms with van der Waals surface area (Å²) in [6.45, 7) is 5.11. The molecule has 0 bridgehead atoms. The number of allylic oxidation sites excluding steroid dienone is 1. The number of hydrogen-bond donors (Lipinski definition) is 3. The van der Waals surface area contributed by atoms with E-state index in [0.717, 1.165) is 29.4 Å². The highest BCUT2D eigenvalue weighted by atomic mass is 19.1. The molecule has 1 aromatic carbocycles. The first kappa shape index (κ1) is 24.0. The zero-order valence-corrected chi connectivity index (χ0v) is 20.8. The van der Waals surface area contributed by atoms with Gasteiger partial charge >= 0.3 is 0 Å². The van der Waals surface area contributed by atoms with E-state index >= 15 is 0 Å². The van der Waals surface area contributed by atoms with Gasteiger partial charge in [-0.1, -0.05) is 18.9 Å². The maximum atomic E-state index is 13.9. The van der Waals surface area contributed by atoms with Gasteiger partial charge in [0.2, 0.25) is 5.91 Å². The summed E-state index contributed by atoms with van der Waals surface area (Å²) in [5, 5.41) is 6.77. The van der Waals surface area contributed by atoms with E-state index in [0.29, 0.717) is 24.3 Å². The Morgan fingerprint density at radius 3 is 2.71 bits per heavy atom. The van der Waals surface area contributed by atoms with Gasteiger partial charge < -0.3 is 20.5 Å². The second-order valence-corrected chi connectivity index (χ2v) is 10.2. The number of nitrogens with zero attached hydrogens (tertiary/aromatic N) is 2. The van der Waals surface area contributed by atoms with Crippen LogP contribution in [0.4, 0.5) is 4.39 Å². The summed E-state index contributed by atoms with van der Waals surface area (Å²) < 4.78 is 13.9. The Hall–Kier alpha value is -2.71. The van der Waals surface area contributed by atoms with E-state index in [1.54, 1.807) is 27.0 Å². The van der Waals surface area contributed by atoms with Crippen molar-refractivity contribution in [3.05, 3.63) is 47.5 Å². The maximum absolute atomic E-state index is 13.9. The van der Waals surface area contributed by atoms with E-state index in [9.17, 15) is 14.0 Å². The van der Waals surface area contributed by atoms with E-state index in [-0.39, 0.29) is 29.6 Å². The van der Waals surface area contributed by atoms with Crippen LogP contribution in [0.5, 0.6) is 0 Å². The molecule has 4 atom stereocenters. The lowest BCUT2D eigenvalue weighted by Crippen LogP contribution is -2.47. The topological polar surface area (TPSA) is 80.5 Å². The van der Waals surface area contributed by atoms with Crippen LogP contribution in [0, 0.1) is 5.82 Å². The summed E-state index contributed by atoms with van der Waals surface area (Å²) in [6.07, 6.45) is 9.56. The predicted octanol–water partition coefficient (Wildman–Crippen LogP) is 3.25. The van der Waals surface area contributed by atoms with Crippen LogP contribution in [-0.2, 0) is 9.59 Å². The van der Waals surface area contributed by atoms with Crippen molar-refractivity contribution in [3.8, 4) is 0 Å². The molecule has 3 aliphatic rings. The molecule has 2 saturated heterocycles. The van der Waals surface area contributed by atoms with Gasteiger partial charge in [-0.05, 0) is 63.9 Å². The third kappa shape index (κ3) is 4.27. The van der Waals surface area contributed by atoms with Crippen LogP contribution < -0.4 is 10.6 Å². The van der Waals surface area contributed by atoms with E-state index < -0.39 is 6.04 Å². The number of likely N-dealkylation sites (tertiary alicyclic amines) is 2. The summed E-state index contributed by atoms with van der Waals surface area (Å²) >= 11 is 0. The largest absolute Gasteiger partial charge is 0.361 e. The molecule has 5 rings (SSSR count). The van der Waals surface area contributed by atoms with Gasteiger partial charge in [0, 0.05) is 48.2 Å². The SMILES string of the molecule is CC=C(NC(=O)C(C)NC)C(=O)N1CCC2C1C(c1c[nH]c3cc(F)ccc13)CN2C1CCCC1. The fourth-order valence-electron chi connectivity index (χ4n) is 6.50. The minimum absolute atomic E-state index is 0.0146. The lowest BCUT2D eigenvalue weighted by molar-refractivity contribution is -0.131. The number of aromatic amines is 1. The minimum atomic E-state index is -0.396. The number of H-pyrrole nitrogens is 1. The molecule has 1 saturated carbocycles. The second kappa shape index (κ2) is 9.74. The lowest BCUT2D eigenvalue weighted by Gasteiger charge is -2.31. The van der Waals surface area contributed by atoms with Crippen LogP contribution in [0.15, 0.2) is 36.2 Å². The number of rotatable bonds is 6. The predicted molar refractivity (Wildman–Crippen MR) is 134 cm³/mol. The molecule has 2 aliphatic heterocycles. The Kier molecular flexibility index (Phi) is 6.68. The molecular formula is C27H36FN5O2. The van der Waals surface area contributed by atoms with Gasteiger partial charge in [-0.3, -0.25) is 14.5 Å². The van der Waals surface area contributed by atoms with Gasteiger partial charge in [0.15, 0.2) is 0 Å². The van der Waals surface area contributed by atoms with Crippen molar-refractivity contribution >= 4 is 22.7 Å². The van der Waals surface area contributed by atoms with Crippen molar-refractivity contribution < 1.29 is 14.0 Å². The molecule has 1 aliphatic carbocycles. The van der Waals surface area contributed by atoms with Crippen LogP contribution in [0.25, 0.3) is 10.9 Å². The number of benzene rings is 1. The molecule has 0 spiro atoms. The quantitative estimate of drug-likeness (QED) is 0.554. The number of carbonyl (C=O) groups excluding carboxylic acids is 2. The van der Waals surface area contributed by atoms with Crippen LogP contribution in [0.1, 0.15) is 57.4 Å². The molecule has 3 fully saturated rings. The number of halogens is 1. The Labute approximate surface area is 206 Å². The Morgan fingerprint density at radius 2 is 2.00 bits per heavy atom. The minimum Gasteiger partial charge on any atom is -0.361 e. The molecule has 8 heteroatoms. The van der Waals surface area contributed by atoms with E-state index in [2.05, 4.69) is 20.5 Å². The molecule has 3 N–H and O–H groups in total. The smallest absolute Gasteiger partial charge is 0.270 e. The van der Waals surface area contributed by atoms with Gasteiger partial charge in [-0.15, -0.1) is 0 Å². The van der Waals surface area contributed by atoms with Crippen molar-refractivity contribution in [1.29, 1.82) is 0 Å². The lowest BCUT2D eigenvalue weighted by atomic mass is 9.91. The van der Waals surface area contributed by atoms with Gasteiger partial charge in [-0.25, -0.2) is 4.39 Å². The molecule has 7 nitrogen and oxygen atoms in total. The Morgan fingerprint density at radius 1 is 1.23 bits per heavy atom. The summed E-state index contributed by atoms with van der Waals surface area (Å²) in [5.74, 6) is -0.485. The highest BCUT2D eigenvalue weighted by molar-refractivity contribution is 5.99. The molecule has 188 valence electrons. The standard InChI is InChI=1S/C27H36FN5O2/c1-4-22(31-26(34)16(2)29-3)27(35)32-12-11-24-25(32)21(15-33(24)18-7-5-6-8-18)20-14-30-23-13-17(28)9-10-19(20)23/h4,9-10,13-14,16,18,21,24-25,29-30H,5-8,11-12,15H2,1-3H3,(H,31,34). The molecule has 35 heavy (non-hydrogen) atoms. The molecule has 2 amide bonds. The molecule has 2 aromatic rings. The van der Waals surface area contributed by atoms with Gasteiger partial charge in [0.25, 0.3) is 5.91 Å². The fourth-order valence-corrected chi connectivity index (χ4v) is 6.50. The fraction of sp³-hybridized carbons (Fsp3) is 0.556. The number of aromatic nitrogens is 1. The van der Waals surface area contributed by atoms with Gasteiger partial charge in [0.1, 0.15) is 11.5 Å². The highest BCUT2D eigenvalue weighted by Gasteiger charge is 2.53. The van der Waals surface area contributed by atoms with E-state index in [1.807, 2.05) is 17.2 Å². The van der Waals surface area contributed by atoms with Crippen molar-refractivity contribution in [1.82, 2.24) is 25.4 Å². The summed E-state index contributed by atoms with van der Waals surface area (Å²) in [6, 6.07) is 5.36. The van der Waals surface area contributed by atoms with E-state index in [1.165, 1.54) is 37.8 Å². The molecule has 3 heterocycles. The molecular weight excluding hydrogens is 445 g/mol. The summed E-state index contributed by atoms with van der Waals surface area (Å²) in [5.41, 5.74) is 2.26. The van der Waals surface area contributed by atoms with E-state index in [4.69, 9.17) is 0 Å². The van der Waals surface area contributed by atoms with Crippen molar-refractivity contribution in [2.24, 2.45) is 0 Å². The summed E-state index contributed by atoms with van der Waals surface area (Å²) in [4.78, 5) is 34.2.